The van der Waals surface area contributed by atoms with E-state index in [1.54, 1.807) is 30.5 Å². The quantitative estimate of drug-likeness (QED) is 0.652. The number of nitrogens with one attached hydrogen (secondary N) is 1. The Morgan fingerprint density at radius 2 is 2.18 bits per heavy atom. The highest BCUT2D eigenvalue weighted by Gasteiger charge is 2.13. The van der Waals surface area contributed by atoms with Gasteiger partial charge >= 0.3 is 5.97 Å². The van der Waals surface area contributed by atoms with Gasteiger partial charge in [-0.05, 0) is 31.5 Å². The van der Waals surface area contributed by atoms with Crippen molar-refractivity contribution in [2.45, 2.75) is 20.3 Å². The normalized spacial score (nSPS) is 10.3. The van der Waals surface area contributed by atoms with E-state index < -0.39 is 0 Å². The third-order valence-corrected chi connectivity index (χ3v) is 3.72. The SMILES string of the molecule is CCOC(=O)Cc1csc(NC(=O)c2cc(N)ccc2C)n1. The van der Waals surface area contributed by atoms with Crippen molar-refractivity contribution < 1.29 is 14.3 Å². The van der Waals surface area contributed by atoms with Crippen LogP contribution in [0.1, 0.15) is 28.5 Å². The number of nitrogens with zero attached hydrogens (tertiary/aromatic N) is 1. The lowest BCUT2D eigenvalue weighted by Gasteiger charge is -2.06. The topological polar surface area (TPSA) is 94.3 Å². The summed E-state index contributed by atoms with van der Waals surface area (Å²) >= 11 is 1.26. The zero-order chi connectivity index (χ0) is 16.1. The Morgan fingerprint density at radius 1 is 1.41 bits per heavy atom. The van der Waals surface area contributed by atoms with Crippen molar-refractivity contribution in [3.8, 4) is 0 Å². The Morgan fingerprint density at radius 3 is 2.91 bits per heavy atom. The molecule has 2 rings (SSSR count). The van der Waals surface area contributed by atoms with E-state index in [0.717, 1.165) is 5.56 Å². The first-order valence-corrected chi connectivity index (χ1v) is 7.65. The van der Waals surface area contributed by atoms with Gasteiger partial charge in [0.25, 0.3) is 5.91 Å². The average molecular weight is 319 g/mol. The fraction of sp³-hybridized carbons (Fsp3) is 0.267. The maximum atomic E-state index is 12.2. The van der Waals surface area contributed by atoms with Crippen molar-refractivity contribution in [1.29, 1.82) is 0 Å². The van der Waals surface area contributed by atoms with E-state index >= 15 is 0 Å². The van der Waals surface area contributed by atoms with E-state index in [9.17, 15) is 9.59 Å². The van der Waals surface area contributed by atoms with Gasteiger partial charge in [-0.2, -0.15) is 0 Å². The van der Waals surface area contributed by atoms with E-state index in [4.69, 9.17) is 10.5 Å². The lowest BCUT2D eigenvalue weighted by Crippen LogP contribution is -2.14. The number of aryl methyl sites for hydroxylation is 1. The number of anilines is 2. The molecule has 1 aromatic heterocycles. The van der Waals surface area contributed by atoms with Crippen LogP contribution in [-0.4, -0.2) is 23.5 Å². The summed E-state index contributed by atoms with van der Waals surface area (Å²) in [7, 11) is 0. The molecule has 2 aromatic rings. The fourth-order valence-electron chi connectivity index (χ4n) is 1.85. The number of hydrogen-bond donors (Lipinski definition) is 2. The number of thiazole rings is 1. The van der Waals surface area contributed by atoms with E-state index in [1.807, 2.05) is 6.92 Å². The molecule has 0 spiro atoms. The molecule has 1 aromatic carbocycles. The van der Waals surface area contributed by atoms with Gasteiger partial charge in [-0.15, -0.1) is 11.3 Å². The van der Waals surface area contributed by atoms with Gasteiger partial charge in [-0.1, -0.05) is 6.07 Å². The molecule has 0 aliphatic rings. The van der Waals surface area contributed by atoms with Crippen molar-refractivity contribution in [2.75, 3.05) is 17.7 Å². The van der Waals surface area contributed by atoms with E-state index in [1.165, 1.54) is 11.3 Å². The van der Waals surface area contributed by atoms with Crippen LogP contribution in [0.25, 0.3) is 0 Å². The first-order valence-electron chi connectivity index (χ1n) is 6.77. The van der Waals surface area contributed by atoms with Crippen molar-refractivity contribution in [3.05, 3.63) is 40.4 Å². The van der Waals surface area contributed by atoms with Crippen LogP contribution in [0.3, 0.4) is 0 Å². The molecule has 1 heterocycles. The molecule has 0 unspecified atom stereocenters. The summed E-state index contributed by atoms with van der Waals surface area (Å²) in [6, 6.07) is 5.16. The first kappa shape index (κ1) is 16.0. The third kappa shape index (κ3) is 4.05. The standard InChI is InChI=1S/C15H17N3O3S/c1-3-21-13(19)7-11-8-22-15(17-11)18-14(20)12-6-10(16)5-4-9(12)2/h4-6,8H,3,7,16H2,1-2H3,(H,17,18,20). The zero-order valence-corrected chi connectivity index (χ0v) is 13.2. The molecule has 7 heteroatoms. The Kier molecular flexibility index (Phi) is 5.11. The minimum atomic E-state index is -0.336. The molecule has 0 fully saturated rings. The minimum Gasteiger partial charge on any atom is -0.466 e. The summed E-state index contributed by atoms with van der Waals surface area (Å²) < 4.78 is 4.86. The van der Waals surface area contributed by atoms with Crippen LogP contribution in [0.15, 0.2) is 23.6 Å². The number of nitrogens with two attached hydrogens (primary N) is 1. The molecule has 0 atom stereocenters. The molecule has 3 N–H and O–H groups in total. The fourth-order valence-corrected chi connectivity index (χ4v) is 2.56. The lowest BCUT2D eigenvalue weighted by molar-refractivity contribution is -0.142. The van der Waals surface area contributed by atoms with Gasteiger partial charge < -0.3 is 10.5 Å². The van der Waals surface area contributed by atoms with Gasteiger partial charge in [0.05, 0.1) is 18.7 Å². The number of benzene rings is 1. The number of rotatable bonds is 5. The number of amides is 1. The van der Waals surface area contributed by atoms with Crippen LogP contribution in [0.2, 0.25) is 0 Å². The number of ether oxygens (including phenoxy) is 1. The maximum absolute atomic E-state index is 12.2. The minimum absolute atomic E-state index is 0.0948. The molecule has 116 valence electrons. The smallest absolute Gasteiger partial charge is 0.311 e. The molecule has 0 aliphatic heterocycles. The molecular formula is C15H17N3O3S. The summed E-state index contributed by atoms with van der Waals surface area (Å²) in [5.74, 6) is -0.612. The summed E-state index contributed by atoms with van der Waals surface area (Å²) in [6.45, 7) is 3.92. The van der Waals surface area contributed by atoms with Gasteiger partial charge in [-0.3, -0.25) is 14.9 Å². The molecule has 0 radical (unpaired) electrons. The number of carbonyl (C=O) groups is 2. The molecule has 1 amide bonds. The van der Waals surface area contributed by atoms with E-state index in [-0.39, 0.29) is 18.3 Å². The highest BCUT2D eigenvalue weighted by atomic mass is 32.1. The highest BCUT2D eigenvalue weighted by Crippen LogP contribution is 2.19. The molecule has 0 saturated heterocycles. The average Bonchev–Trinajstić information content (AvgIpc) is 2.88. The second kappa shape index (κ2) is 7.04. The van der Waals surface area contributed by atoms with E-state index in [0.29, 0.717) is 28.7 Å². The number of esters is 1. The first-order chi connectivity index (χ1) is 10.5. The molecule has 22 heavy (non-hydrogen) atoms. The van der Waals surface area contributed by atoms with Gasteiger partial charge in [-0.25, -0.2) is 4.98 Å². The number of carbonyl (C=O) groups excluding carboxylic acids is 2. The Balaban J connectivity index is 2.05. The van der Waals surface area contributed by atoms with Crippen LogP contribution in [0.4, 0.5) is 10.8 Å². The molecule has 0 saturated carbocycles. The Labute approximate surface area is 132 Å². The van der Waals surface area contributed by atoms with Crippen molar-refractivity contribution in [1.82, 2.24) is 4.98 Å². The highest BCUT2D eigenvalue weighted by molar-refractivity contribution is 7.14. The lowest BCUT2D eigenvalue weighted by atomic mass is 10.1. The Hall–Kier alpha value is -2.41. The van der Waals surface area contributed by atoms with Crippen molar-refractivity contribution in [3.63, 3.8) is 0 Å². The van der Waals surface area contributed by atoms with Gasteiger partial charge in [0.15, 0.2) is 5.13 Å². The summed E-state index contributed by atoms with van der Waals surface area (Å²) in [5.41, 5.74) is 8.13. The number of aromatic nitrogens is 1. The summed E-state index contributed by atoms with van der Waals surface area (Å²) in [4.78, 5) is 27.8. The molecule has 0 aliphatic carbocycles. The molecular weight excluding hydrogens is 302 g/mol. The van der Waals surface area contributed by atoms with Crippen LogP contribution in [0.5, 0.6) is 0 Å². The Bertz CT molecular complexity index is 697. The zero-order valence-electron chi connectivity index (χ0n) is 12.4. The van der Waals surface area contributed by atoms with Crippen LogP contribution in [0, 0.1) is 6.92 Å². The predicted octanol–water partition coefficient (Wildman–Crippen LogP) is 2.39. The predicted molar refractivity (Wildman–Crippen MR) is 86.0 cm³/mol. The summed E-state index contributed by atoms with van der Waals surface area (Å²) in [6.07, 6.45) is 0.0948. The van der Waals surface area contributed by atoms with Gasteiger partial charge in [0.2, 0.25) is 0 Å². The van der Waals surface area contributed by atoms with Gasteiger partial charge in [0, 0.05) is 16.6 Å². The summed E-state index contributed by atoms with van der Waals surface area (Å²) in [5, 5.41) is 4.87. The monoisotopic (exact) mass is 319 g/mol. The second-order valence-corrected chi connectivity index (χ2v) is 5.51. The van der Waals surface area contributed by atoms with Crippen molar-refractivity contribution >= 4 is 34.0 Å². The molecule has 0 bridgehead atoms. The molecule has 6 nitrogen and oxygen atoms in total. The van der Waals surface area contributed by atoms with Crippen LogP contribution in [-0.2, 0) is 16.0 Å². The number of nitrogen functional groups attached to an aromatic ring is 1. The largest absolute Gasteiger partial charge is 0.466 e. The third-order valence-electron chi connectivity index (χ3n) is 2.91. The van der Waals surface area contributed by atoms with Crippen LogP contribution < -0.4 is 11.1 Å². The van der Waals surface area contributed by atoms with Crippen molar-refractivity contribution in [2.24, 2.45) is 0 Å². The number of hydrogen-bond acceptors (Lipinski definition) is 6. The second-order valence-electron chi connectivity index (χ2n) is 4.65. The van der Waals surface area contributed by atoms with E-state index in [2.05, 4.69) is 10.3 Å². The van der Waals surface area contributed by atoms with Crippen LogP contribution >= 0.6 is 11.3 Å². The maximum Gasteiger partial charge on any atom is 0.311 e. The van der Waals surface area contributed by atoms with Gasteiger partial charge in [0.1, 0.15) is 0 Å².